The number of hydrogen-bond donors (Lipinski definition) is 1. The first kappa shape index (κ1) is 20.1. The minimum Gasteiger partial charge on any atom is -0.337 e. The van der Waals surface area contributed by atoms with Crippen LogP contribution in [-0.2, 0) is 13.1 Å². The molecule has 1 aliphatic heterocycles. The summed E-state index contributed by atoms with van der Waals surface area (Å²) in [5.74, 6) is 1.12. The first-order valence-electron chi connectivity index (χ1n) is 9.10. The fourth-order valence-electron chi connectivity index (χ4n) is 3.49. The standard InChI is InChI=1S/C18H18FN9O.ClH/c1-26(5-4-20)8-15-24-17(25-29-15)16-14-7-28-18(21-9-23-28)12-6-11(19)2-3-13(12)27(14)10-22-16;/h2-3,6,9-10H,4-5,7-8,20H2,1H3;1H. The summed E-state index contributed by atoms with van der Waals surface area (Å²) in [4.78, 5) is 15.3. The lowest BCUT2D eigenvalue weighted by molar-refractivity contribution is 0.272. The molecule has 12 heteroatoms. The quantitative estimate of drug-likeness (QED) is 0.445. The lowest BCUT2D eigenvalue weighted by Crippen LogP contribution is -2.25. The van der Waals surface area contributed by atoms with Crippen molar-refractivity contribution in [2.24, 2.45) is 5.73 Å². The molecule has 1 aliphatic rings. The van der Waals surface area contributed by atoms with Crippen molar-refractivity contribution < 1.29 is 8.91 Å². The Bertz CT molecular complexity index is 1180. The van der Waals surface area contributed by atoms with Crippen LogP contribution in [0.25, 0.3) is 28.6 Å². The van der Waals surface area contributed by atoms with Crippen LogP contribution in [0.4, 0.5) is 4.39 Å². The molecule has 156 valence electrons. The van der Waals surface area contributed by atoms with Crippen molar-refractivity contribution >= 4 is 12.4 Å². The number of halogens is 2. The van der Waals surface area contributed by atoms with E-state index in [0.717, 1.165) is 17.9 Å². The zero-order valence-electron chi connectivity index (χ0n) is 16.1. The summed E-state index contributed by atoms with van der Waals surface area (Å²) >= 11 is 0. The molecule has 2 N–H and O–H groups in total. The molecule has 30 heavy (non-hydrogen) atoms. The number of benzene rings is 1. The Kier molecular flexibility index (Phi) is 5.33. The maximum absolute atomic E-state index is 13.9. The van der Waals surface area contributed by atoms with E-state index in [4.69, 9.17) is 10.3 Å². The summed E-state index contributed by atoms with van der Waals surface area (Å²) < 4.78 is 22.9. The molecule has 4 aromatic rings. The van der Waals surface area contributed by atoms with Crippen LogP contribution in [0.5, 0.6) is 0 Å². The highest BCUT2D eigenvalue weighted by molar-refractivity contribution is 5.85. The number of hydrogen-bond acceptors (Lipinski definition) is 8. The molecule has 0 spiro atoms. The first-order chi connectivity index (χ1) is 14.1. The fraction of sp³-hybridized carbons (Fsp3) is 0.278. The van der Waals surface area contributed by atoms with Gasteiger partial charge in [-0.15, -0.1) is 12.4 Å². The average molecular weight is 432 g/mol. The van der Waals surface area contributed by atoms with Crippen LogP contribution in [0.15, 0.2) is 35.4 Å². The van der Waals surface area contributed by atoms with Crippen LogP contribution in [-0.4, -0.2) is 59.5 Å². The third-order valence-electron chi connectivity index (χ3n) is 4.84. The van der Waals surface area contributed by atoms with E-state index in [1.807, 2.05) is 16.5 Å². The van der Waals surface area contributed by atoms with Crippen molar-refractivity contribution in [3.63, 3.8) is 0 Å². The monoisotopic (exact) mass is 431 g/mol. The largest absolute Gasteiger partial charge is 0.337 e. The first-order valence-corrected chi connectivity index (χ1v) is 9.10. The van der Waals surface area contributed by atoms with Gasteiger partial charge in [0.05, 0.1) is 24.5 Å². The van der Waals surface area contributed by atoms with Gasteiger partial charge in [0.2, 0.25) is 11.7 Å². The predicted molar refractivity (Wildman–Crippen MR) is 108 cm³/mol. The molecular formula is C18H19ClFN9O. The van der Waals surface area contributed by atoms with Crippen molar-refractivity contribution in [3.05, 3.63) is 48.3 Å². The summed E-state index contributed by atoms with van der Waals surface area (Å²) in [6, 6.07) is 4.56. The molecule has 10 nitrogen and oxygen atoms in total. The predicted octanol–water partition coefficient (Wildman–Crippen LogP) is 1.49. The maximum atomic E-state index is 13.9. The number of likely N-dealkylation sites (N-methyl/N-ethyl adjacent to an activating group) is 1. The van der Waals surface area contributed by atoms with E-state index < -0.39 is 0 Å². The lowest BCUT2D eigenvalue weighted by atomic mass is 10.1. The molecule has 0 bridgehead atoms. The van der Waals surface area contributed by atoms with Gasteiger partial charge >= 0.3 is 0 Å². The Labute approximate surface area is 176 Å². The van der Waals surface area contributed by atoms with Crippen LogP contribution in [0.3, 0.4) is 0 Å². The van der Waals surface area contributed by atoms with Crippen LogP contribution in [0.2, 0.25) is 0 Å². The highest BCUT2D eigenvalue weighted by Gasteiger charge is 2.26. The Balaban J connectivity index is 0.00000218. The summed E-state index contributed by atoms with van der Waals surface area (Å²) in [7, 11) is 1.93. The zero-order chi connectivity index (χ0) is 20.0. The molecule has 0 radical (unpaired) electrons. The topological polar surface area (TPSA) is 117 Å². The molecule has 0 saturated heterocycles. The van der Waals surface area contributed by atoms with E-state index in [2.05, 4.69) is 25.2 Å². The molecule has 0 atom stereocenters. The lowest BCUT2D eigenvalue weighted by Gasteiger charge is -2.11. The SMILES string of the molecule is CN(CCN)Cc1nc(-c2ncn3c2Cn2ncnc2-c2cc(F)ccc2-3)no1.Cl. The van der Waals surface area contributed by atoms with E-state index in [9.17, 15) is 4.39 Å². The maximum Gasteiger partial charge on any atom is 0.241 e. The van der Waals surface area contributed by atoms with Crippen molar-refractivity contribution in [2.45, 2.75) is 13.1 Å². The van der Waals surface area contributed by atoms with Crippen molar-refractivity contribution in [3.8, 4) is 28.6 Å². The Morgan fingerprint density at radius 3 is 3.00 bits per heavy atom. The molecule has 0 fully saturated rings. The van der Waals surface area contributed by atoms with Crippen molar-refractivity contribution in [2.75, 3.05) is 20.1 Å². The molecule has 0 aliphatic carbocycles. The van der Waals surface area contributed by atoms with E-state index in [1.54, 1.807) is 17.1 Å². The van der Waals surface area contributed by atoms with Gasteiger partial charge in [-0.1, -0.05) is 5.16 Å². The van der Waals surface area contributed by atoms with Gasteiger partial charge in [-0.3, -0.25) is 9.47 Å². The van der Waals surface area contributed by atoms with Gasteiger partial charge in [0.25, 0.3) is 0 Å². The van der Waals surface area contributed by atoms with Gasteiger partial charge in [-0.2, -0.15) is 10.1 Å². The van der Waals surface area contributed by atoms with Gasteiger partial charge in [-0.05, 0) is 25.2 Å². The highest BCUT2D eigenvalue weighted by Crippen LogP contribution is 2.33. The third-order valence-corrected chi connectivity index (χ3v) is 4.84. The number of nitrogens with zero attached hydrogens (tertiary/aromatic N) is 8. The Morgan fingerprint density at radius 2 is 2.17 bits per heavy atom. The third kappa shape index (κ3) is 3.36. The number of rotatable bonds is 5. The highest BCUT2D eigenvalue weighted by atomic mass is 35.5. The number of fused-ring (bicyclic) bond motifs is 5. The molecule has 0 unspecified atom stereocenters. The molecule has 0 amide bonds. The number of nitrogens with two attached hydrogens (primary N) is 1. The van der Waals surface area contributed by atoms with E-state index in [-0.39, 0.29) is 18.2 Å². The van der Waals surface area contributed by atoms with Crippen LogP contribution in [0.1, 0.15) is 11.6 Å². The zero-order valence-corrected chi connectivity index (χ0v) is 16.9. The second kappa shape index (κ2) is 7.94. The van der Waals surface area contributed by atoms with Gasteiger partial charge in [0.1, 0.15) is 24.2 Å². The van der Waals surface area contributed by atoms with E-state index >= 15 is 0 Å². The molecule has 1 aromatic carbocycles. The molecule has 0 saturated carbocycles. The van der Waals surface area contributed by atoms with Gasteiger partial charge in [-0.25, -0.2) is 19.0 Å². The average Bonchev–Trinajstić information content (AvgIpc) is 3.41. The van der Waals surface area contributed by atoms with E-state index in [0.29, 0.717) is 48.4 Å². The van der Waals surface area contributed by atoms with Crippen LogP contribution in [0, 0.1) is 5.82 Å². The van der Waals surface area contributed by atoms with Crippen LogP contribution >= 0.6 is 12.4 Å². The summed E-state index contributed by atoms with van der Waals surface area (Å²) in [6.07, 6.45) is 3.12. The van der Waals surface area contributed by atoms with Gasteiger partial charge < -0.3 is 10.3 Å². The molecule has 3 aromatic heterocycles. The minimum atomic E-state index is -0.341. The molecule has 4 heterocycles. The second-order valence-electron chi connectivity index (χ2n) is 6.85. The van der Waals surface area contributed by atoms with Gasteiger partial charge in [0, 0.05) is 18.7 Å². The van der Waals surface area contributed by atoms with Crippen molar-refractivity contribution in [1.82, 2.24) is 39.4 Å². The fourth-order valence-corrected chi connectivity index (χ4v) is 3.49. The normalized spacial score (nSPS) is 12.1. The van der Waals surface area contributed by atoms with Crippen LogP contribution < -0.4 is 5.73 Å². The Morgan fingerprint density at radius 1 is 1.30 bits per heavy atom. The summed E-state index contributed by atoms with van der Waals surface area (Å²) in [5.41, 5.74) is 8.37. The van der Waals surface area contributed by atoms with E-state index in [1.165, 1.54) is 18.5 Å². The minimum absolute atomic E-state index is 0. The second-order valence-corrected chi connectivity index (χ2v) is 6.85. The summed E-state index contributed by atoms with van der Waals surface area (Å²) in [5, 5.41) is 8.38. The number of aromatic nitrogens is 7. The van der Waals surface area contributed by atoms with Gasteiger partial charge in [0.15, 0.2) is 5.82 Å². The molecule has 5 rings (SSSR count). The van der Waals surface area contributed by atoms with Crippen molar-refractivity contribution in [1.29, 1.82) is 0 Å². The number of imidazole rings is 1. The smallest absolute Gasteiger partial charge is 0.241 e. The molecular weight excluding hydrogens is 413 g/mol. The Hall–Kier alpha value is -3.15. The summed E-state index contributed by atoms with van der Waals surface area (Å²) in [6.45, 7) is 2.15.